The fourth-order valence-corrected chi connectivity index (χ4v) is 1.71. The average Bonchev–Trinajstić information content (AvgIpc) is 2.77. The van der Waals surface area contributed by atoms with Crippen molar-refractivity contribution in [2.75, 3.05) is 0 Å². The third kappa shape index (κ3) is 1.60. The lowest BCUT2D eigenvalue weighted by molar-refractivity contribution is 0.468. The van der Waals surface area contributed by atoms with Gasteiger partial charge in [0.05, 0.1) is 12.0 Å². The Balaban J connectivity index is 2.56. The van der Waals surface area contributed by atoms with Crippen LogP contribution < -0.4 is 0 Å². The largest absolute Gasteiger partial charge is 0.507 e. The number of imidazole rings is 1. The summed E-state index contributed by atoms with van der Waals surface area (Å²) in [5, 5.41) is 10.1. The zero-order valence-electron chi connectivity index (χ0n) is 9.44. The molecule has 16 heavy (non-hydrogen) atoms. The Morgan fingerprint density at radius 3 is 2.62 bits per heavy atom. The minimum Gasteiger partial charge on any atom is -0.507 e. The molecule has 3 heteroatoms. The summed E-state index contributed by atoms with van der Waals surface area (Å²) in [7, 11) is 0. The molecule has 1 heterocycles. The summed E-state index contributed by atoms with van der Waals surface area (Å²) in [6.45, 7) is 7.82. The van der Waals surface area contributed by atoms with Crippen molar-refractivity contribution < 1.29 is 5.11 Å². The van der Waals surface area contributed by atoms with Crippen LogP contribution in [0.15, 0.2) is 37.4 Å². The molecule has 0 fully saturated rings. The number of hydrogen-bond donors (Lipinski definition) is 1. The van der Waals surface area contributed by atoms with E-state index in [9.17, 15) is 5.11 Å². The van der Waals surface area contributed by atoms with Crippen molar-refractivity contribution in [3.8, 4) is 5.75 Å². The summed E-state index contributed by atoms with van der Waals surface area (Å²) < 4.78 is 1.79. The van der Waals surface area contributed by atoms with Crippen LogP contribution in [0, 0.1) is 13.8 Å². The first kappa shape index (κ1) is 10.5. The Kier molecular flexibility index (Phi) is 2.52. The number of aromatic nitrogens is 2. The molecule has 1 aromatic carbocycles. The van der Waals surface area contributed by atoms with E-state index in [4.69, 9.17) is 0 Å². The Hall–Kier alpha value is -2.03. The summed E-state index contributed by atoms with van der Waals surface area (Å²) in [6.07, 6.45) is 5.17. The molecule has 2 rings (SSSR count). The molecule has 0 saturated carbocycles. The van der Waals surface area contributed by atoms with Crippen LogP contribution >= 0.6 is 0 Å². The molecular formula is C13H14N2O. The first-order chi connectivity index (χ1) is 7.61. The summed E-state index contributed by atoms with van der Waals surface area (Å²) in [4.78, 5) is 3.97. The Morgan fingerprint density at radius 1 is 1.31 bits per heavy atom. The van der Waals surface area contributed by atoms with Crippen LogP contribution in [0.1, 0.15) is 16.7 Å². The van der Waals surface area contributed by atoms with Crippen LogP contribution in [0.3, 0.4) is 0 Å². The second-order valence-electron chi connectivity index (χ2n) is 3.84. The SMILES string of the molecule is C=C(c1c(C)ccc(C)c1O)n1ccnc1. The topological polar surface area (TPSA) is 38.0 Å². The van der Waals surface area contributed by atoms with E-state index in [1.165, 1.54) is 0 Å². The van der Waals surface area contributed by atoms with Crippen molar-refractivity contribution in [3.05, 3.63) is 54.1 Å². The lowest BCUT2D eigenvalue weighted by Crippen LogP contribution is -1.98. The van der Waals surface area contributed by atoms with E-state index >= 15 is 0 Å². The molecule has 0 atom stereocenters. The van der Waals surface area contributed by atoms with Gasteiger partial charge >= 0.3 is 0 Å². The predicted molar refractivity (Wildman–Crippen MR) is 64.2 cm³/mol. The molecule has 0 spiro atoms. The van der Waals surface area contributed by atoms with E-state index in [0.717, 1.165) is 22.4 Å². The van der Waals surface area contributed by atoms with Crippen molar-refractivity contribution in [3.63, 3.8) is 0 Å². The first-order valence-corrected chi connectivity index (χ1v) is 5.08. The Bertz CT molecular complexity index is 527. The molecule has 2 aromatic rings. The van der Waals surface area contributed by atoms with Gasteiger partial charge in [0.1, 0.15) is 5.75 Å². The summed E-state index contributed by atoms with van der Waals surface area (Å²) in [5.41, 5.74) is 3.36. The lowest BCUT2D eigenvalue weighted by Gasteiger charge is -2.13. The highest BCUT2D eigenvalue weighted by Crippen LogP contribution is 2.31. The zero-order valence-corrected chi connectivity index (χ0v) is 9.44. The molecule has 0 aliphatic heterocycles. The number of nitrogens with zero attached hydrogens (tertiary/aromatic N) is 2. The highest BCUT2D eigenvalue weighted by atomic mass is 16.3. The number of benzene rings is 1. The van der Waals surface area contributed by atoms with Gasteiger partial charge in [0.2, 0.25) is 0 Å². The molecule has 3 nitrogen and oxygen atoms in total. The maximum atomic E-state index is 10.1. The molecule has 0 bridgehead atoms. The fourth-order valence-electron chi connectivity index (χ4n) is 1.71. The number of phenolic OH excluding ortho intramolecular Hbond substituents is 1. The predicted octanol–water partition coefficient (Wildman–Crippen LogP) is 2.72. The average molecular weight is 214 g/mol. The summed E-state index contributed by atoms with van der Waals surface area (Å²) in [5.74, 6) is 0.290. The molecule has 0 aliphatic rings. The minimum absolute atomic E-state index is 0.290. The van der Waals surface area contributed by atoms with Crippen LogP contribution in [0.5, 0.6) is 5.75 Å². The van der Waals surface area contributed by atoms with E-state index in [2.05, 4.69) is 11.6 Å². The van der Waals surface area contributed by atoms with Gasteiger partial charge in [0.25, 0.3) is 0 Å². The maximum absolute atomic E-state index is 10.1. The Morgan fingerprint density at radius 2 is 2.00 bits per heavy atom. The molecule has 0 saturated heterocycles. The van der Waals surface area contributed by atoms with Crippen LogP contribution in [0.4, 0.5) is 0 Å². The quantitative estimate of drug-likeness (QED) is 0.834. The van der Waals surface area contributed by atoms with Crippen LogP contribution in [-0.4, -0.2) is 14.7 Å². The second kappa shape index (κ2) is 3.85. The van der Waals surface area contributed by atoms with E-state index < -0.39 is 0 Å². The van der Waals surface area contributed by atoms with Crippen LogP contribution in [-0.2, 0) is 0 Å². The van der Waals surface area contributed by atoms with Crippen LogP contribution in [0.2, 0.25) is 0 Å². The van der Waals surface area contributed by atoms with Crippen molar-refractivity contribution in [2.45, 2.75) is 13.8 Å². The second-order valence-corrected chi connectivity index (χ2v) is 3.84. The van der Waals surface area contributed by atoms with Gasteiger partial charge in [0, 0.05) is 18.0 Å². The highest BCUT2D eigenvalue weighted by molar-refractivity contribution is 5.72. The van der Waals surface area contributed by atoms with Gasteiger partial charge in [-0.3, -0.25) is 0 Å². The van der Waals surface area contributed by atoms with Crippen LogP contribution in [0.25, 0.3) is 5.70 Å². The van der Waals surface area contributed by atoms with Gasteiger partial charge in [-0.2, -0.15) is 0 Å². The normalized spacial score (nSPS) is 10.4. The maximum Gasteiger partial charge on any atom is 0.128 e. The number of rotatable bonds is 2. The van der Waals surface area contributed by atoms with Gasteiger partial charge in [-0.25, -0.2) is 4.98 Å². The van der Waals surface area contributed by atoms with E-state index in [0.29, 0.717) is 5.75 Å². The zero-order chi connectivity index (χ0) is 11.7. The summed E-state index contributed by atoms with van der Waals surface area (Å²) in [6, 6.07) is 3.88. The monoisotopic (exact) mass is 214 g/mol. The molecule has 0 radical (unpaired) electrons. The number of aryl methyl sites for hydroxylation is 2. The third-order valence-electron chi connectivity index (χ3n) is 2.69. The molecule has 82 valence electrons. The first-order valence-electron chi connectivity index (χ1n) is 5.08. The number of phenols is 1. The van der Waals surface area contributed by atoms with Gasteiger partial charge in [-0.1, -0.05) is 18.7 Å². The third-order valence-corrected chi connectivity index (χ3v) is 2.69. The van der Waals surface area contributed by atoms with Crippen molar-refractivity contribution in [2.24, 2.45) is 0 Å². The lowest BCUT2D eigenvalue weighted by atomic mass is 10.0. The fraction of sp³-hybridized carbons (Fsp3) is 0.154. The molecule has 1 N–H and O–H groups in total. The smallest absolute Gasteiger partial charge is 0.128 e. The molecule has 0 unspecified atom stereocenters. The van der Waals surface area contributed by atoms with Gasteiger partial charge in [0.15, 0.2) is 0 Å². The van der Waals surface area contributed by atoms with E-state index in [1.807, 2.05) is 32.2 Å². The van der Waals surface area contributed by atoms with Crippen molar-refractivity contribution in [1.82, 2.24) is 9.55 Å². The molecule has 0 aliphatic carbocycles. The number of aromatic hydroxyl groups is 1. The van der Waals surface area contributed by atoms with E-state index in [-0.39, 0.29) is 0 Å². The standard InChI is InChI=1S/C13H14N2O/c1-9-4-5-10(2)13(16)12(9)11(3)15-7-6-14-8-15/h4-8,16H,3H2,1-2H3. The molecule has 0 amide bonds. The minimum atomic E-state index is 0.290. The highest BCUT2D eigenvalue weighted by Gasteiger charge is 2.11. The van der Waals surface area contributed by atoms with Gasteiger partial charge in [-0.15, -0.1) is 0 Å². The molecule has 1 aromatic heterocycles. The van der Waals surface area contributed by atoms with Gasteiger partial charge < -0.3 is 9.67 Å². The van der Waals surface area contributed by atoms with E-state index in [1.54, 1.807) is 17.1 Å². The molecular weight excluding hydrogens is 200 g/mol. The van der Waals surface area contributed by atoms with Gasteiger partial charge in [-0.05, 0) is 25.0 Å². The summed E-state index contributed by atoms with van der Waals surface area (Å²) >= 11 is 0. The Labute approximate surface area is 94.7 Å². The van der Waals surface area contributed by atoms with Crippen molar-refractivity contribution in [1.29, 1.82) is 0 Å². The van der Waals surface area contributed by atoms with Crippen molar-refractivity contribution >= 4 is 5.70 Å². The number of hydrogen-bond acceptors (Lipinski definition) is 2.